The molecule has 0 bridgehead atoms. The van der Waals surface area contributed by atoms with Gasteiger partial charge in [-0.2, -0.15) is 0 Å². The van der Waals surface area contributed by atoms with Gasteiger partial charge >= 0.3 is 0 Å². The largest absolute Gasteiger partial charge is 0.351 e. The van der Waals surface area contributed by atoms with E-state index in [1.54, 1.807) is 0 Å². The van der Waals surface area contributed by atoms with E-state index < -0.39 is 0 Å². The normalized spacial score (nSPS) is 17.2. The Morgan fingerprint density at radius 2 is 2.25 bits per heavy atom. The number of nitrogens with one attached hydrogen (secondary N) is 3. The molecule has 0 aliphatic carbocycles. The van der Waals surface area contributed by atoms with E-state index >= 15 is 0 Å². The summed E-state index contributed by atoms with van der Waals surface area (Å²) in [5.41, 5.74) is 4.26. The number of aromatic amines is 1. The van der Waals surface area contributed by atoms with Crippen LogP contribution < -0.4 is 10.6 Å². The molecule has 0 saturated carbocycles. The Morgan fingerprint density at radius 3 is 3.12 bits per heavy atom. The van der Waals surface area contributed by atoms with Crippen molar-refractivity contribution in [1.29, 1.82) is 0 Å². The third-order valence-electron chi connectivity index (χ3n) is 4.54. The Balaban J connectivity index is 1.53. The van der Waals surface area contributed by atoms with Crippen molar-refractivity contribution in [2.75, 3.05) is 6.54 Å². The topological polar surface area (TPSA) is 69.8 Å². The molecule has 3 heterocycles. The lowest BCUT2D eigenvalue weighted by Crippen LogP contribution is -2.39. The highest BCUT2D eigenvalue weighted by Crippen LogP contribution is 2.27. The number of hydrogen-bond acceptors (Lipinski definition) is 3. The van der Waals surface area contributed by atoms with Crippen LogP contribution in [0.25, 0.3) is 22.2 Å². The average Bonchev–Trinajstić information content (AvgIpc) is 3.30. The highest BCUT2D eigenvalue weighted by Gasteiger charge is 2.21. The van der Waals surface area contributed by atoms with Crippen LogP contribution in [-0.4, -0.2) is 28.5 Å². The van der Waals surface area contributed by atoms with Crippen molar-refractivity contribution in [2.45, 2.75) is 25.4 Å². The predicted octanol–water partition coefficient (Wildman–Crippen LogP) is 2.60. The molecule has 0 radical (unpaired) electrons. The molecule has 1 saturated heterocycles. The van der Waals surface area contributed by atoms with E-state index in [4.69, 9.17) is 0 Å². The number of carbonyl (C=O) groups excluding carboxylic acids is 1. The maximum Gasteiger partial charge on any atom is 0.237 e. The molecule has 5 nitrogen and oxygen atoms in total. The molecule has 122 valence electrons. The van der Waals surface area contributed by atoms with E-state index in [1.165, 1.54) is 0 Å². The Bertz CT molecular complexity index is 864. The van der Waals surface area contributed by atoms with Crippen LogP contribution in [0.1, 0.15) is 18.4 Å². The van der Waals surface area contributed by atoms with E-state index in [9.17, 15) is 4.79 Å². The summed E-state index contributed by atoms with van der Waals surface area (Å²) in [5.74, 6) is 0.0924. The highest BCUT2D eigenvalue weighted by molar-refractivity contribution is 5.92. The summed E-state index contributed by atoms with van der Waals surface area (Å²) in [7, 11) is 0. The summed E-state index contributed by atoms with van der Waals surface area (Å²) in [6, 6.07) is 12.3. The first-order chi connectivity index (χ1) is 11.8. The molecule has 4 rings (SSSR count). The summed E-state index contributed by atoms with van der Waals surface area (Å²) in [6.07, 6.45) is 5.71. The maximum absolute atomic E-state index is 12.1. The van der Waals surface area contributed by atoms with Crippen LogP contribution in [0, 0.1) is 0 Å². The van der Waals surface area contributed by atoms with Crippen molar-refractivity contribution in [3.8, 4) is 11.1 Å². The van der Waals surface area contributed by atoms with E-state index in [1.807, 2.05) is 36.7 Å². The standard InChI is InChI=1S/C19H20N4O/c24-19(17-5-2-8-20-17)23-12-13-3-1-4-14(11-13)15-6-9-21-18-16(15)7-10-22-18/h1,3-4,6-7,9-11,17,20H,2,5,8,12H2,(H,21,22)(H,23,24). The molecule has 3 N–H and O–H groups in total. The molecule has 1 amide bonds. The molecule has 1 aromatic carbocycles. The van der Waals surface area contributed by atoms with Crippen molar-refractivity contribution in [1.82, 2.24) is 20.6 Å². The number of aromatic nitrogens is 2. The Labute approximate surface area is 140 Å². The molecule has 5 heteroatoms. The van der Waals surface area contributed by atoms with Crippen molar-refractivity contribution in [3.63, 3.8) is 0 Å². The van der Waals surface area contributed by atoms with E-state index in [0.29, 0.717) is 6.54 Å². The van der Waals surface area contributed by atoms with Crippen molar-refractivity contribution < 1.29 is 4.79 Å². The number of benzene rings is 1. The van der Waals surface area contributed by atoms with Gasteiger partial charge < -0.3 is 15.6 Å². The number of fused-ring (bicyclic) bond motifs is 1. The second kappa shape index (κ2) is 6.45. The molecule has 1 unspecified atom stereocenters. The van der Waals surface area contributed by atoms with Gasteiger partial charge in [-0.25, -0.2) is 4.98 Å². The molecular formula is C19H20N4O. The maximum atomic E-state index is 12.1. The van der Waals surface area contributed by atoms with Gasteiger partial charge in [-0.05, 0) is 54.3 Å². The zero-order valence-electron chi connectivity index (χ0n) is 13.4. The number of nitrogens with zero attached hydrogens (tertiary/aromatic N) is 1. The minimum Gasteiger partial charge on any atom is -0.351 e. The number of pyridine rings is 1. The van der Waals surface area contributed by atoms with E-state index in [-0.39, 0.29) is 11.9 Å². The smallest absolute Gasteiger partial charge is 0.237 e. The molecular weight excluding hydrogens is 300 g/mol. The molecule has 1 atom stereocenters. The van der Waals surface area contributed by atoms with Gasteiger partial charge in [0.05, 0.1) is 6.04 Å². The average molecular weight is 320 g/mol. The van der Waals surface area contributed by atoms with Crippen LogP contribution in [-0.2, 0) is 11.3 Å². The summed E-state index contributed by atoms with van der Waals surface area (Å²) in [4.78, 5) is 19.6. The van der Waals surface area contributed by atoms with Crippen LogP contribution >= 0.6 is 0 Å². The van der Waals surface area contributed by atoms with Crippen molar-refractivity contribution in [3.05, 3.63) is 54.4 Å². The highest BCUT2D eigenvalue weighted by atomic mass is 16.2. The fraction of sp³-hybridized carbons (Fsp3) is 0.263. The van der Waals surface area contributed by atoms with E-state index in [2.05, 4.69) is 32.7 Å². The number of amides is 1. The van der Waals surface area contributed by atoms with Crippen LogP contribution in [0.4, 0.5) is 0 Å². The Kier molecular flexibility index (Phi) is 4.01. The second-order valence-corrected chi connectivity index (χ2v) is 6.17. The van der Waals surface area contributed by atoms with Gasteiger partial charge in [0, 0.05) is 24.3 Å². The predicted molar refractivity (Wildman–Crippen MR) is 94.4 cm³/mol. The number of H-pyrrole nitrogens is 1. The van der Waals surface area contributed by atoms with Gasteiger partial charge in [0.15, 0.2) is 0 Å². The van der Waals surface area contributed by atoms with E-state index in [0.717, 1.165) is 47.1 Å². The van der Waals surface area contributed by atoms with Gasteiger partial charge in [-0.3, -0.25) is 4.79 Å². The molecule has 0 spiro atoms. The van der Waals surface area contributed by atoms with Crippen LogP contribution in [0.3, 0.4) is 0 Å². The van der Waals surface area contributed by atoms with Crippen molar-refractivity contribution in [2.24, 2.45) is 0 Å². The first kappa shape index (κ1) is 14.9. The third-order valence-corrected chi connectivity index (χ3v) is 4.54. The number of carbonyl (C=O) groups is 1. The zero-order chi connectivity index (χ0) is 16.4. The summed E-state index contributed by atoms with van der Waals surface area (Å²) in [6.45, 7) is 1.48. The Hall–Kier alpha value is -2.66. The fourth-order valence-electron chi connectivity index (χ4n) is 3.28. The van der Waals surface area contributed by atoms with Gasteiger partial charge in [-0.1, -0.05) is 18.2 Å². The number of rotatable bonds is 4. The summed E-state index contributed by atoms with van der Waals surface area (Å²) >= 11 is 0. The monoisotopic (exact) mass is 320 g/mol. The van der Waals surface area contributed by atoms with Gasteiger partial charge in [0.25, 0.3) is 0 Å². The number of hydrogen-bond donors (Lipinski definition) is 3. The molecule has 2 aromatic heterocycles. The quantitative estimate of drug-likeness (QED) is 0.692. The van der Waals surface area contributed by atoms with Crippen LogP contribution in [0.2, 0.25) is 0 Å². The van der Waals surface area contributed by atoms with Crippen LogP contribution in [0.5, 0.6) is 0 Å². The summed E-state index contributed by atoms with van der Waals surface area (Å²) in [5, 5.41) is 7.36. The SMILES string of the molecule is O=C(NCc1cccc(-c2ccnc3[nH]ccc23)c1)C1CCCN1. The fourth-order valence-corrected chi connectivity index (χ4v) is 3.28. The minimum atomic E-state index is -0.0344. The zero-order valence-corrected chi connectivity index (χ0v) is 13.4. The van der Waals surface area contributed by atoms with Gasteiger partial charge in [-0.15, -0.1) is 0 Å². The molecule has 3 aromatic rings. The Morgan fingerprint density at radius 1 is 1.29 bits per heavy atom. The van der Waals surface area contributed by atoms with Gasteiger partial charge in [0.2, 0.25) is 5.91 Å². The summed E-state index contributed by atoms with van der Waals surface area (Å²) < 4.78 is 0. The lowest BCUT2D eigenvalue weighted by atomic mass is 10.0. The lowest BCUT2D eigenvalue weighted by molar-refractivity contribution is -0.122. The molecule has 1 aliphatic heterocycles. The minimum absolute atomic E-state index is 0.0344. The first-order valence-electron chi connectivity index (χ1n) is 8.34. The second-order valence-electron chi connectivity index (χ2n) is 6.17. The van der Waals surface area contributed by atoms with Crippen LogP contribution in [0.15, 0.2) is 48.8 Å². The molecule has 24 heavy (non-hydrogen) atoms. The third kappa shape index (κ3) is 2.90. The molecule has 1 fully saturated rings. The van der Waals surface area contributed by atoms with Crippen molar-refractivity contribution >= 4 is 16.9 Å². The first-order valence-corrected chi connectivity index (χ1v) is 8.34. The lowest BCUT2D eigenvalue weighted by Gasteiger charge is -2.12. The molecule has 1 aliphatic rings. The van der Waals surface area contributed by atoms with Gasteiger partial charge in [0.1, 0.15) is 5.65 Å².